The molecule has 2 rings (SSSR count). The van der Waals surface area contributed by atoms with Crippen LogP contribution in [0.4, 0.5) is 8.78 Å². The van der Waals surface area contributed by atoms with Crippen molar-refractivity contribution in [3.63, 3.8) is 0 Å². The van der Waals surface area contributed by atoms with Gasteiger partial charge in [0.1, 0.15) is 17.7 Å². The van der Waals surface area contributed by atoms with Crippen LogP contribution in [0.3, 0.4) is 0 Å². The molecule has 0 aliphatic carbocycles. The fraction of sp³-hybridized carbons (Fsp3) is 0.0909. The summed E-state index contributed by atoms with van der Waals surface area (Å²) < 4.78 is 28.2. The van der Waals surface area contributed by atoms with Crippen molar-refractivity contribution in [1.29, 1.82) is 0 Å². The van der Waals surface area contributed by atoms with E-state index in [0.717, 1.165) is 10.5 Å². The SMILES string of the molecule is OC(c1cc(Br)cs1)c1c(F)ccc(Br)c1F. The number of aliphatic hydroxyl groups is 1. The topological polar surface area (TPSA) is 20.2 Å². The summed E-state index contributed by atoms with van der Waals surface area (Å²) >= 11 is 7.42. The van der Waals surface area contributed by atoms with Gasteiger partial charge in [0.2, 0.25) is 0 Å². The van der Waals surface area contributed by atoms with E-state index in [1.807, 2.05) is 0 Å². The number of rotatable bonds is 2. The molecule has 0 saturated heterocycles. The molecule has 1 atom stereocenters. The third-order valence-corrected chi connectivity index (χ3v) is 4.57. The molecule has 1 nitrogen and oxygen atoms in total. The lowest BCUT2D eigenvalue weighted by atomic mass is 10.1. The van der Waals surface area contributed by atoms with Gasteiger partial charge in [-0.3, -0.25) is 0 Å². The number of hydrogen-bond donors (Lipinski definition) is 1. The first kappa shape index (κ1) is 13.1. The van der Waals surface area contributed by atoms with E-state index in [2.05, 4.69) is 31.9 Å². The maximum atomic E-state index is 13.8. The highest BCUT2D eigenvalue weighted by Crippen LogP contribution is 2.34. The zero-order valence-electron chi connectivity index (χ0n) is 8.25. The van der Waals surface area contributed by atoms with Gasteiger partial charge in [-0.1, -0.05) is 0 Å². The van der Waals surface area contributed by atoms with E-state index in [4.69, 9.17) is 0 Å². The minimum atomic E-state index is -1.30. The van der Waals surface area contributed by atoms with Gasteiger partial charge < -0.3 is 5.11 Å². The Labute approximate surface area is 117 Å². The molecule has 1 aromatic carbocycles. The summed E-state index contributed by atoms with van der Waals surface area (Å²) in [5.74, 6) is -1.54. The summed E-state index contributed by atoms with van der Waals surface area (Å²) in [5.41, 5.74) is -0.339. The van der Waals surface area contributed by atoms with Gasteiger partial charge in [0, 0.05) is 14.7 Å². The molecule has 17 heavy (non-hydrogen) atoms. The van der Waals surface area contributed by atoms with Crippen molar-refractivity contribution in [2.75, 3.05) is 0 Å². The smallest absolute Gasteiger partial charge is 0.146 e. The number of aliphatic hydroxyl groups excluding tert-OH is 1. The first-order valence-electron chi connectivity index (χ1n) is 4.56. The van der Waals surface area contributed by atoms with Crippen LogP contribution in [0, 0.1) is 11.6 Å². The quantitative estimate of drug-likeness (QED) is 0.749. The largest absolute Gasteiger partial charge is 0.383 e. The van der Waals surface area contributed by atoms with Crippen molar-refractivity contribution >= 4 is 43.2 Å². The summed E-state index contributed by atoms with van der Waals surface area (Å²) in [4.78, 5) is 0.479. The lowest BCUT2D eigenvalue weighted by Crippen LogP contribution is -2.04. The maximum absolute atomic E-state index is 13.8. The van der Waals surface area contributed by atoms with Crippen LogP contribution in [0.15, 0.2) is 32.5 Å². The molecule has 0 saturated carbocycles. The van der Waals surface area contributed by atoms with E-state index >= 15 is 0 Å². The Morgan fingerprint density at radius 1 is 1.24 bits per heavy atom. The second-order valence-electron chi connectivity index (χ2n) is 3.33. The van der Waals surface area contributed by atoms with Crippen LogP contribution in [-0.2, 0) is 0 Å². The molecule has 0 amide bonds. The summed E-state index contributed by atoms with van der Waals surface area (Å²) in [7, 11) is 0. The first-order chi connectivity index (χ1) is 8.00. The molecule has 1 unspecified atom stereocenters. The first-order valence-corrected chi connectivity index (χ1v) is 7.02. The van der Waals surface area contributed by atoms with Crippen LogP contribution in [0.2, 0.25) is 0 Å². The Hall–Kier alpha value is -0.300. The molecule has 0 spiro atoms. The monoisotopic (exact) mass is 382 g/mol. The molecular weight excluding hydrogens is 378 g/mol. The van der Waals surface area contributed by atoms with Gasteiger partial charge in [-0.25, -0.2) is 8.78 Å². The molecule has 0 radical (unpaired) electrons. The Balaban J connectivity index is 2.50. The minimum absolute atomic E-state index is 0.128. The van der Waals surface area contributed by atoms with Gasteiger partial charge in [-0.15, -0.1) is 11.3 Å². The number of halogens is 4. The van der Waals surface area contributed by atoms with Crippen molar-refractivity contribution in [1.82, 2.24) is 0 Å². The highest BCUT2D eigenvalue weighted by Gasteiger charge is 2.22. The number of thiophene rings is 1. The van der Waals surface area contributed by atoms with Crippen molar-refractivity contribution in [3.8, 4) is 0 Å². The molecule has 90 valence electrons. The standard InChI is InChI=1S/C11H6Br2F2OS/c12-5-3-8(17-4-5)11(16)9-7(14)2-1-6(13)10(9)15/h1-4,11,16H. The zero-order valence-corrected chi connectivity index (χ0v) is 12.2. The number of benzene rings is 1. The highest BCUT2D eigenvalue weighted by molar-refractivity contribution is 9.10. The third-order valence-electron chi connectivity index (χ3n) is 2.21. The molecule has 1 aromatic heterocycles. The second-order valence-corrected chi connectivity index (χ2v) is 6.04. The van der Waals surface area contributed by atoms with Gasteiger partial charge >= 0.3 is 0 Å². The van der Waals surface area contributed by atoms with Gasteiger partial charge in [0.05, 0.1) is 10.0 Å². The van der Waals surface area contributed by atoms with E-state index in [1.54, 1.807) is 11.4 Å². The fourth-order valence-electron chi connectivity index (χ4n) is 1.41. The predicted molar refractivity (Wildman–Crippen MR) is 70.1 cm³/mol. The zero-order chi connectivity index (χ0) is 12.6. The van der Waals surface area contributed by atoms with E-state index in [0.29, 0.717) is 4.88 Å². The number of hydrogen-bond acceptors (Lipinski definition) is 2. The lowest BCUT2D eigenvalue weighted by Gasteiger charge is -2.12. The minimum Gasteiger partial charge on any atom is -0.383 e. The van der Waals surface area contributed by atoms with Gasteiger partial charge in [-0.2, -0.15) is 0 Å². The Bertz CT molecular complexity index is 556. The molecular formula is C11H6Br2F2OS. The van der Waals surface area contributed by atoms with Crippen LogP contribution < -0.4 is 0 Å². The van der Waals surface area contributed by atoms with Crippen molar-refractivity contribution in [2.45, 2.75) is 6.10 Å². The second kappa shape index (κ2) is 5.14. The van der Waals surface area contributed by atoms with E-state index in [9.17, 15) is 13.9 Å². The van der Waals surface area contributed by atoms with Crippen LogP contribution >= 0.6 is 43.2 Å². The average Bonchev–Trinajstić information content (AvgIpc) is 2.71. The molecule has 0 bridgehead atoms. The van der Waals surface area contributed by atoms with E-state index in [1.165, 1.54) is 17.4 Å². The van der Waals surface area contributed by atoms with Crippen molar-refractivity contribution in [2.24, 2.45) is 0 Å². The van der Waals surface area contributed by atoms with Crippen LogP contribution in [0.5, 0.6) is 0 Å². The third kappa shape index (κ3) is 2.59. The Morgan fingerprint density at radius 2 is 1.94 bits per heavy atom. The van der Waals surface area contributed by atoms with E-state index < -0.39 is 17.7 Å². The summed E-state index contributed by atoms with van der Waals surface area (Å²) in [5, 5.41) is 11.7. The van der Waals surface area contributed by atoms with Crippen LogP contribution in [0.1, 0.15) is 16.5 Å². The summed E-state index contributed by atoms with van der Waals surface area (Å²) in [6.07, 6.45) is -1.30. The average molecular weight is 384 g/mol. The molecule has 2 aromatic rings. The van der Waals surface area contributed by atoms with Crippen LogP contribution in [-0.4, -0.2) is 5.11 Å². The van der Waals surface area contributed by atoms with E-state index in [-0.39, 0.29) is 10.0 Å². The maximum Gasteiger partial charge on any atom is 0.146 e. The molecule has 0 fully saturated rings. The Morgan fingerprint density at radius 3 is 2.53 bits per heavy atom. The van der Waals surface area contributed by atoms with Gasteiger partial charge in [0.25, 0.3) is 0 Å². The van der Waals surface area contributed by atoms with Crippen molar-refractivity contribution in [3.05, 3.63) is 54.6 Å². The molecule has 1 heterocycles. The van der Waals surface area contributed by atoms with Crippen molar-refractivity contribution < 1.29 is 13.9 Å². The summed E-state index contributed by atoms with van der Waals surface area (Å²) in [6.45, 7) is 0. The molecule has 1 N–H and O–H groups in total. The predicted octanol–water partition coefficient (Wildman–Crippen LogP) is 4.63. The molecule has 6 heteroatoms. The lowest BCUT2D eigenvalue weighted by molar-refractivity contribution is 0.212. The van der Waals surface area contributed by atoms with Crippen LogP contribution in [0.25, 0.3) is 0 Å². The summed E-state index contributed by atoms with van der Waals surface area (Å²) in [6, 6.07) is 4.02. The highest BCUT2D eigenvalue weighted by atomic mass is 79.9. The van der Waals surface area contributed by atoms with Gasteiger partial charge in [-0.05, 0) is 50.1 Å². The van der Waals surface area contributed by atoms with Gasteiger partial charge in [0.15, 0.2) is 0 Å². The normalized spacial score (nSPS) is 12.8. The Kier molecular flexibility index (Phi) is 3.97. The fourth-order valence-corrected chi connectivity index (χ4v) is 3.19. The molecule has 0 aliphatic heterocycles. The molecule has 0 aliphatic rings.